The Morgan fingerprint density at radius 1 is 1.00 bits per heavy atom. The number of benzene rings is 3. The van der Waals surface area contributed by atoms with Crippen LogP contribution in [0.4, 0.5) is 4.39 Å². The van der Waals surface area contributed by atoms with Crippen molar-refractivity contribution in [2.75, 3.05) is 20.3 Å². The Morgan fingerprint density at radius 3 is 2.45 bits per heavy atom. The van der Waals surface area contributed by atoms with E-state index in [1.54, 1.807) is 26.2 Å². The minimum Gasteiger partial charge on any atom is -0.497 e. The van der Waals surface area contributed by atoms with Gasteiger partial charge in [0.15, 0.2) is 0 Å². The molecule has 1 atom stereocenters. The molecule has 204 valence electrons. The molecule has 0 radical (unpaired) electrons. The third-order valence-electron chi connectivity index (χ3n) is 6.29. The third kappa shape index (κ3) is 8.32. The summed E-state index contributed by atoms with van der Waals surface area (Å²) < 4.78 is 31.4. The number of esters is 1. The molecule has 1 unspecified atom stereocenters. The van der Waals surface area contributed by atoms with E-state index in [-0.39, 0.29) is 36.1 Å². The molecule has 0 spiro atoms. The standard InChI is InChI=1S/C32H39FO5/c1-6-37-31(35)18-24(14-15-34)23-9-7-8-22(16-23)21-38-27-10-12-28(25(17-27)20-32(2,3)4)29-19-26(36-5)11-13-30(29)33/h7-13,16-17,19,24,34H,6,14-15,18,20-21H2,1-5H3. The van der Waals surface area contributed by atoms with E-state index in [1.807, 2.05) is 42.5 Å². The van der Waals surface area contributed by atoms with Gasteiger partial charge < -0.3 is 19.3 Å². The van der Waals surface area contributed by atoms with Gasteiger partial charge in [-0.2, -0.15) is 0 Å². The zero-order valence-electron chi connectivity index (χ0n) is 23.1. The second-order valence-electron chi connectivity index (χ2n) is 10.7. The van der Waals surface area contributed by atoms with Crippen molar-refractivity contribution in [2.24, 2.45) is 5.41 Å². The van der Waals surface area contributed by atoms with Gasteiger partial charge in [0.05, 0.1) is 20.1 Å². The molecule has 0 aliphatic rings. The van der Waals surface area contributed by atoms with Gasteiger partial charge in [-0.05, 0) is 83.7 Å². The first kappa shape index (κ1) is 29.2. The predicted molar refractivity (Wildman–Crippen MR) is 148 cm³/mol. The second-order valence-corrected chi connectivity index (χ2v) is 10.7. The van der Waals surface area contributed by atoms with Crippen LogP contribution in [0.3, 0.4) is 0 Å². The van der Waals surface area contributed by atoms with Crippen molar-refractivity contribution in [3.05, 3.63) is 83.2 Å². The van der Waals surface area contributed by atoms with Crippen LogP contribution in [0.2, 0.25) is 0 Å². The number of methoxy groups -OCH3 is 1. The number of carbonyl (C=O) groups excluding carboxylic acids is 1. The molecule has 3 rings (SSSR count). The Bertz CT molecular complexity index is 1210. The minimum atomic E-state index is -0.299. The zero-order valence-corrected chi connectivity index (χ0v) is 23.1. The number of hydrogen-bond acceptors (Lipinski definition) is 5. The summed E-state index contributed by atoms with van der Waals surface area (Å²) in [6.45, 7) is 8.88. The molecule has 0 amide bonds. The largest absolute Gasteiger partial charge is 0.497 e. The van der Waals surface area contributed by atoms with Gasteiger partial charge in [0.25, 0.3) is 0 Å². The lowest BCUT2D eigenvalue weighted by atomic mass is 9.84. The van der Waals surface area contributed by atoms with Crippen molar-refractivity contribution in [3.63, 3.8) is 0 Å². The van der Waals surface area contributed by atoms with E-state index in [4.69, 9.17) is 14.2 Å². The van der Waals surface area contributed by atoms with Gasteiger partial charge >= 0.3 is 5.97 Å². The topological polar surface area (TPSA) is 65.0 Å². The lowest BCUT2D eigenvalue weighted by Crippen LogP contribution is -2.12. The van der Waals surface area contributed by atoms with Gasteiger partial charge in [0, 0.05) is 12.2 Å². The fourth-order valence-electron chi connectivity index (χ4n) is 4.55. The molecule has 0 heterocycles. The van der Waals surface area contributed by atoms with E-state index >= 15 is 0 Å². The fraction of sp³-hybridized carbons (Fsp3) is 0.406. The van der Waals surface area contributed by atoms with E-state index in [0.29, 0.717) is 36.7 Å². The van der Waals surface area contributed by atoms with Crippen LogP contribution in [0.25, 0.3) is 11.1 Å². The van der Waals surface area contributed by atoms with Gasteiger partial charge in [-0.1, -0.05) is 51.1 Å². The highest BCUT2D eigenvalue weighted by atomic mass is 19.1. The number of halogens is 1. The summed E-state index contributed by atoms with van der Waals surface area (Å²) in [7, 11) is 1.57. The highest BCUT2D eigenvalue weighted by Gasteiger charge is 2.19. The first-order valence-corrected chi connectivity index (χ1v) is 13.1. The maximum atomic E-state index is 14.8. The van der Waals surface area contributed by atoms with Crippen LogP contribution in [0.1, 0.15) is 63.1 Å². The van der Waals surface area contributed by atoms with Gasteiger partial charge in [-0.15, -0.1) is 0 Å². The highest BCUT2D eigenvalue weighted by molar-refractivity contribution is 5.71. The van der Waals surface area contributed by atoms with Crippen LogP contribution >= 0.6 is 0 Å². The molecule has 3 aromatic rings. The van der Waals surface area contributed by atoms with Crippen LogP contribution in [-0.2, 0) is 22.6 Å². The smallest absolute Gasteiger partial charge is 0.306 e. The third-order valence-corrected chi connectivity index (χ3v) is 6.29. The summed E-state index contributed by atoms with van der Waals surface area (Å²) in [4.78, 5) is 12.1. The second kappa shape index (κ2) is 13.4. The first-order chi connectivity index (χ1) is 18.1. The Kier molecular flexibility index (Phi) is 10.3. The summed E-state index contributed by atoms with van der Waals surface area (Å²) >= 11 is 0. The van der Waals surface area contributed by atoms with Crippen molar-refractivity contribution >= 4 is 5.97 Å². The lowest BCUT2D eigenvalue weighted by Gasteiger charge is -2.22. The summed E-state index contributed by atoms with van der Waals surface area (Å²) in [5.74, 6) is 0.596. The first-order valence-electron chi connectivity index (χ1n) is 13.1. The Labute approximate surface area is 225 Å². The van der Waals surface area contributed by atoms with Crippen molar-refractivity contribution in [1.29, 1.82) is 0 Å². The molecule has 5 nitrogen and oxygen atoms in total. The fourth-order valence-corrected chi connectivity index (χ4v) is 4.55. The summed E-state index contributed by atoms with van der Waals surface area (Å²) in [5, 5.41) is 9.51. The summed E-state index contributed by atoms with van der Waals surface area (Å²) in [5.41, 5.74) is 4.21. The number of ether oxygens (including phenoxy) is 3. The lowest BCUT2D eigenvalue weighted by molar-refractivity contribution is -0.143. The predicted octanol–water partition coefficient (Wildman–Crippen LogP) is 7.09. The zero-order chi connectivity index (χ0) is 27.7. The Balaban J connectivity index is 1.84. The van der Waals surface area contributed by atoms with Crippen LogP contribution < -0.4 is 9.47 Å². The van der Waals surface area contributed by atoms with Gasteiger partial charge in [-0.25, -0.2) is 4.39 Å². The van der Waals surface area contributed by atoms with Gasteiger partial charge in [-0.3, -0.25) is 4.79 Å². The molecule has 0 saturated carbocycles. The minimum absolute atomic E-state index is 0.0123. The van der Waals surface area contributed by atoms with E-state index < -0.39 is 0 Å². The van der Waals surface area contributed by atoms with Crippen LogP contribution in [0, 0.1) is 11.2 Å². The summed E-state index contributed by atoms with van der Waals surface area (Å²) in [6, 6.07) is 18.4. The van der Waals surface area contributed by atoms with Crippen molar-refractivity contribution in [2.45, 2.75) is 59.5 Å². The number of aliphatic hydroxyl groups excluding tert-OH is 1. The molecule has 38 heavy (non-hydrogen) atoms. The van der Waals surface area contributed by atoms with E-state index in [0.717, 1.165) is 28.7 Å². The van der Waals surface area contributed by atoms with Crippen LogP contribution in [-0.4, -0.2) is 31.4 Å². The molecule has 1 N–H and O–H groups in total. The molecule has 6 heteroatoms. The molecule has 0 aliphatic heterocycles. The number of aliphatic hydroxyl groups is 1. The Morgan fingerprint density at radius 2 is 1.76 bits per heavy atom. The molecule has 0 aromatic heterocycles. The van der Waals surface area contributed by atoms with Crippen LogP contribution in [0.5, 0.6) is 11.5 Å². The average molecular weight is 523 g/mol. The van der Waals surface area contributed by atoms with Crippen molar-refractivity contribution in [1.82, 2.24) is 0 Å². The maximum absolute atomic E-state index is 14.8. The molecular formula is C32H39FO5. The number of carbonyl (C=O) groups is 1. The van der Waals surface area contributed by atoms with Crippen LogP contribution in [0.15, 0.2) is 60.7 Å². The van der Waals surface area contributed by atoms with E-state index in [1.165, 1.54) is 6.07 Å². The molecular weight excluding hydrogens is 483 g/mol. The average Bonchev–Trinajstić information content (AvgIpc) is 2.87. The maximum Gasteiger partial charge on any atom is 0.306 e. The SMILES string of the molecule is CCOC(=O)CC(CCO)c1cccc(COc2ccc(-c3cc(OC)ccc3F)c(CC(C)(C)C)c2)c1. The van der Waals surface area contributed by atoms with Crippen molar-refractivity contribution < 1.29 is 28.5 Å². The molecule has 0 bridgehead atoms. The summed E-state index contributed by atoms with van der Waals surface area (Å²) in [6.07, 6.45) is 1.43. The van der Waals surface area contributed by atoms with Gasteiger partial charge in [0.2, 0.25) is 0 Å². The van der Waals surface area contributed by atoms with E-state index in [2.05, 4.69) is 20.8 Å². The van der Waals surface area contributed by atoms with E-state index in [9.17, 15) is 14.3 Å². The number of rotatable bonds is 12. The van der Waals surface area contributed by atoms with Crippen molar-refractivity contribution in [3.8, 4) is 22.6 Å². The normalized spacial score (nSPS) is 12.2. The quantitative estimate of drug-likeness (QED) is 0.257. The molecule has 3 aromatic carbocycles. The molecule has 0 saturated heterocycles. The van der Waals surface area contributed by atoms with Gasteiger partial charge in [0.1, 0.15) is 23.9 Å². The monoisotopic (exact) mass is 522 g/mol. The molecule has 0 aliphatic carbocycles. The number of hydrogen-bond donors (Lipinski definition) is 1. The Hall–Kier alpha value is -3.38. The highest BCUT2D eigenvalue weighted by Crippen LogP contribution is 2.35. The molecule has 0 fully saturated rings.